The average Bonchev–Trinajstić information content (AvgIpc) is 3.01. The van der Waals surface area contributed by atoms with Crippen LogP contribution in [0.1, 0.15) is 11.9 Å². The molecule has 0 saturated heterocycles. The van der Waals surface area contributed by atoms with Crippen LogP contribution in [0.4, 0.5) is 11.4 Å². The summed E-state index contributed by atoms with van der Waals surface area (Å²) >= 11 is 1.64. The fourth-order valence-electron chi connectivity index (χ4n) is 2.82. The first-order valence-electron chi connectivity index (χ1n) is 8.43. The Labute approximate surface area is 155 Å². The van der Waals surface area contributed by atoms with Crippen LogP contribution in [0.3, 0.4) is 0 Å². The highest BCUT2D eigenvalue weighted by Gasteiger charge is 2.16. The van der Waals surface area contributed by atoms with Gasteiger partial charge in [-0.3, -0.25) is 4.79 Å². The summed E-state index contributed by atoms with van der Waals surface area (Å²) in [7, 11) is 0. The van der Waals surface area contributed by atoms with Gasteiger partial charge in [-0.15, -0.1) is 11.3 Å². The molecule has 0 spiro atoms. The van der Waals surface area contributed by atoms with E-state index in [1.807, 2.05) is 44.2 Å². The fraction of sp³-hybridized carbons (Fsp3) is 0.263. The van der Waals surface area contributed by atoms with Crippen molar-refractivity contribution < 1.29 is 14.3 Å². The molecule has 0 unspecified atom stereocenters. The van der Waals surface area contributed by atoms with Crippen molar-refractivity contribution in [2.45, 2.75) is 19.9 Å². The number of aromatic nitrogens is 1. The predicted octanol–water partition coefficient (Wildman–Crippen LogP) is 3.82. The molecule has 2 N–H and O–H groups in total. The number of hydrogen-bond acceptors (Lipinski definition) is 6. The Bertz CT molecular complexity index is 970. The van der Waals surface area contributed by atoms with E-state index in [1.54, 1.807) is 17.4 Å². The third-order valence-electron chi connectivity index (χ3n) is 4.08. The van der Waals surface area contributed by atoms with Crippen molar-refractivity contribution in [1.29, 1.82) is 0 Å². The fourth-order valence-corrected chi connectivity index (χ4v) is 3.68. The molecule has 1 amide bonds. The number of anilines is 2. The van der Waals surface area contributed by atoms with E-state index in [-0.39, 0.29) is 5.91 Å². The minimum atomic E-state index is -0.394. The monoisotopic (exact) mass is 369 g/mol. The summed E-state index contributed by atoms with van der Waals surface area (Å²) < 4.78 is 12.1. The normalized spacial score (nSPS) is 14.1. The molecular formula is C19H19N3O3S. The molecule has 0 fully saturated rings. The molecular weight excluding hydrogens is 350 g/mol. The largest absolute Gasteiger partial charge is 0.486 e. The highest BCUT2D eigenvalue weighted by Crippen LogP contribution is 2.32. The molecule has 0 aliphatic carbocycles. The highest BCUT2D eigenvalue weighted by molar-refractivity contribution is 7.18. The van der Waals surface area contributed by atoms with Crippen LogP contribution in [-0.4, -0.2) is 30.1 Å². The Hall–Kier alpha value is -2.80. The second-order valence-corrected chi connectivity index (χ2v) is 7.36. The Balaban J connectivity index is 1.43. The van der Waals surface area contributed by atoms with Gasteiger partial charge in [0.15, 0.2) is 11.5 Å². The van der Waals surface area contributed by atoms with Gasteiger partial charge < -0.3 is 20.1 Å². The summed E-state index contributed by atoms with van der Waals surface area (Å²) in [4.78, 5) is 16.9. The van der Waals surface area contributed by atoms with Crippen molar-refractivity contribution in [2.24, 2.45) is 0 Å². The Morgan fingerprint density at radius 3 is 2.73 bits per heavy atom. The first kappa shape index (κ1) is 16.7. The number of rotatable bonds is 4. The highest BCUT2D eigenvalue weighted by atomic mass is 32.1. The SMILES string of the molecule is Cc1nc2ccc(N[C@H](C)C(=O)Nc3ccc4c(c3)OCCO4)cc2s1. The van der Waals surface area contributed by atoms with E-state index in [1.165, 1.54) is 0 Å². The van der Waals surface area contributed by atoms with Crippen LogP contribution in [0.5, 0.6) is 11.5 Å². The first-order valence-corrected chi connectivity index (χ1v) is 9.24. The average molecular weight is 369 g/mol. The summed E-state index contributed by atoms with van der Waals surface area (Å²) in [6, 6.07) is 10.9. The number of amides is 1. The molecule has 0 radical (unpaired) electrons. The zero-order valence-corrected chi connectivity index (χ0v) is 15.4. The summed E-state index contributed by atoms with van der Waals surface area (Å²) in [6.07, 6.45) is 0. The quantitative estimate of drug-likeness (QED) is 0.732. The maximum Gasteiger partial charge on any atom is 0.246 e. The summed E-state index contributed by atoms with van der Waals surface area (Å²) in [6.45, 7) is 4.88. The van der Waals surface area contributed by atoms with E-state index < -0.39 is 6.04 Å². The van der Waals surface area contributed by atoms with E-state index in [2.05, 4.69) is 15.6 Å². The van der Waals surface area contributed by atoms with Crippen LogP contribution >= 0.6 is 11.3 Å². The Kier molecular flexibility index (Phi) is 4.38. The molecule has 1 aliphatic heterocycles. The van der Waals surface area contributed by atoms with E-state index >= 15 is 0 Å². The van der Waals surface area contributed by atoms with Crippen molar-refractivity contribution in [3.05, 3.63) is 41.4 Å². The second kappa shape index (κ2) is 6.84. The summed E-state index contributed by atoms with van der Waals surface area (Å²) in [5, 5.41) is 7.17. The Morgan fingerprint density at radius 1 is 1.12 bits per heavy atom. The minimum Gasteiger partial charge on any atom is -0.486 e. The van der Waals surface area contributed by atoms with Gasteiger partial charge in [-0.2, -0.15) is 0 Å². The van der Waals surface area contributed by atoms with Gasteiger partial charge in [-0.1, -0.05) is 0 Å². The first-order chi connectivity index (χ1) is 12.6. The zero-order valence-electron chi connectivity index (χ0n) is 14.5. The van der Waals surface area contributed by atoms with Gasteiger partial charge in [0.25, 0.3) is 0 Å². The molecule has 6 nitrogen and oxygen atoms in total. The maximum atomic E-state index is 12.5. The van der Waals surface area contributed by atoms with Crippen molar-refractivity contribution in [3.63, 3.8) is 0 Å². The summed E-state index contributed by atoms with van der Waals surface area (Å²) in [5.74, 6) is 1.23. The third kappa shape index (κ3) is 3.43. The molecule has 3 aromatic rings. The van der Waals surface area contributed by atoms with Crippen molar-refractivity contribution in [3.8, 4) is 11.5 Å². The molecule has 1 aliphatic rings. The van der Waals surface area contributed by atoms with Crippen LogP contribution in [0.15, 0.2) is 36.4 Å². The molecule has 1 aromatic heterocycles. The van der Waals surface area contributed by atoms with E-state index in [0.29, 0.717) is 30.4 Å². The minimum absolute atomic E-state index is 0.123. The number of benzene rings is 2. The lowest BCUT2D eigenvalue weighted by Crippen LogP contribution is -2.31. The van der Waals surface area contributed by atoms with Crippen LogP contribution in [0.2, 0.25) is 0 Å². The molecule has 2 heterocycles. The molecule has 7 heteroatoms. The van der Waals surface area contributed by atoms with Gasteiger partial charge >= 0.3 is 0 Å². The van der Waals surface area contributed by atoms with Crippen LogP contribution in [-0.2, 0) is 4.79 Å². The van der Waals surface area contributed by atoms with E-state index in [9.17, 15) is 4.79 Å². The molecule has 2 aromatic carbocycles. The number of nitrogens with zero attached hydrogens (tertiary/aromatic N) is 1. The van der Waals surface area contributed by atoms with Gasteiger partial charge in [-0.05, 0) is 44.2 Å². The molecule has 1 atom stereocenters. The number of fused-ring (bicyclic) bond motifs is 2. The summed E-state index contributed by atoms with van der Waals surface area (Å²) in [5.41, 5.74) is 2.55. The van der Waals surface area contributed by atoms with E-state index in [4.69, 9.17) is 9.47 Å². The van der Waals surface area contributed by atoms with Gasteiger partial charge in [0, 0.05) is 17.4 Å². The molecule has 0 saturated carbocycles. The Morgan fingerprint density at radius 2 is 1.88 bits per heavy atom. The van der Waals surface area contributed by atoms with Gasteiger partial charge in [-0.25, -0.2) is 4.98 Å². The molecule has 4 rings (SSSR count). The van der Waals surface area contributed by atoms with Gasteiger partial charge in [0.05, 0.1) is 15.2 Å². The van der Waals surface area contributed by atoms with Gasteiger partial charge in [0.2, 0.25) is 5.91 Å². The topological polar surface area (TPSA) is 72.5 Å². The number of carbonyl (C=O) groups is 1. The van der Waals surface area contributed by atoms with Crippen molar-refractivity contribution in [2.75, 3.05) is 23.8 Å². The standard InChI is InChI=1S/C19H19N3O3S/c1-11(20-14-3-5-15-18(10-14)26-12(2)21-15)19(23)22-13-4-6-16-17(9-13)25-8-7-24-16/h3-6,9-11,20H,7-8H2,1-2H3,(H,22,23)/t11-/m1/s1. The number of hydrogen-bond donors (Lipinski definition) is 2. The van der Waals surface area contributed by atoms with Crippen LogP contribution in [0.25, 0.3) is 10.2 Å². The number of ether oxygens (including phenoxy) is 2. The zero-order chi connectivity index (χ0) is 18.1. The second-order valence-electron chi connectivity index (χ2n) is 6.13. The van der Waals surface area contributed by atoms with Crippen LogP contribution < -0.4 is 20.1 Å². The lowest BCUT2D eigenvalue weighted by atomic mass is 10.2. The van der Waals surface area contributed by atoms with Crippen molar-refractivity contribution in [1.82, 2.24) is 4.98 Å². The maximum absolute atomic E-state index is 12.5. The van der Waals surface area contributed by atoms with Crippen LogP contribution in [0, 0.1) is 6.92 Å². The lowest BCUT2D eigenvalue weighted by Gasteiger charge is -2.20. The molecule has 0 bridgehead atoms. The smallest absolute Gasteiger partial charge is 0.246 e. The third-order valence-corrected chi connectivity index (χ3v) is 5.02. The van der Waals surface area contributed by atoms with E-state index in [0.717, 1.165) is 20.9 Å². The number of aryl methyl sites for hydroxylation is 1. The number of nitrogens with one attached hydrogen (secondary N) is 2. The molecule has 26 heavy (non-hydrogen) atoms. The number of thiazole rings is 1. The number of carbonyl (C=O) groups excluding carboxylic acids is 1. The lowest BCUT2D eigenvalue weighted by molar-refractivity contribution is -0.116. The van der Waals surface area contributed by atoms with Gasteiger partial charge in [0.1, 0.15) is 19.3 Å². The molecule has 134 valence electrons. The predicted molar refractivity (Wildman–Crippen MR) is 104 cm³/mol. The van der Waals surface area contributed by atoms with Crippen molar-refractivity contribution >= 4 is 38.8 Å².